The minimum Gasteiger partial charge on any atom is -0.379 e. The Hall–Kier alpha value is -2.75. The first kappa shape index (κ1) is 18.3. The normalized spacial score (nSPS) is 18.4. The van der Waals surface area contributed by atoms with E-state index in [9.17, 15) is 4.79 Å². The third kappa shape index (κ3) is 3.64. The number of hydrogen-bond acceptors (Lipinski definition) is 6. The van der Waals surface area contributed by atoms with Crippen LogP contribution in [0.5, 0.6) is 0 Å². The summed E-state index contributed by atoms with van der Waals surface area (Å²) in [7, 11) is 0. The first-order valence-electron chi connectivity index (χ1n) is 9.97. The lowest BCUT2D eigenvalue weighted by Crippen LogP contribution is -2.40. The van der Waals surface area contributed by atoms with Crippen LogP contribution in [0.1, 0.15) is 16.2 Å². The van der Waals surface area contributed by atoms with Crippen molar-refractivity contribution in [2.75, 3.05) is 52.6 Å². The van der Waals surface area contributed by atoms with Crippen molar-refractivity contribution in [1.82, 2.24) is 28.7 Å². The van der Waals surface area contributed by atoms with Crippen LogP contribution in [0.4, 0.5) is 0 Å². The highest BCUT2D eigenvalue weighted by molar-refractivity contribution is 5.92. The number of fused-ring (bicyclic) bond motifs is 1. The molecule has 3 aromatic rings. The highest BCUT2D eigenvalue weighted by atomic mass is 16.5. The molecule has 29 heavy (non-hydrogen) atoms. The predicted molar refractivity (Wildman–Crippen MR) is 105 cm³/mol. The van der Waals surface area contributed by atoms with E-state index in [0.29, 0.717) is 32.0 Å². The molecule has 0 N–H and O–H groups in total. The van der Waals surface area contributed by atoms with Crippen LogP contribution in [0.2, 0.25) is 0 Å². The summed E-state index contributed by atoms with van der Waals surface area (Å²) in [6.45, 7) is 6.44. The van der Waals surface area contributed by atoms with Crippen LogP contribution >= 0.6 is 0 Å². The summed E-state index contributed by atoms with van der Waals surface area (Å²) < 4.78 is 14.6. The number of rotatable bonds is 4. The average molecular weight is 396 g/mol. The van der Waals surface area contributed by atoms with E-state index in [1.54, 1.807) is 17.4 Å². The van der Waals surface area contributed by atoms with Gasteiger partial charge in [-0.05, 0) is 12.1 Å². The Kier molecular flexibility index (Phi) is 5.01. The van der Waals surface area contributed by atoms with Gasteiger partial charge in [0.2, 0.25) is 5.95 Å². The summed E-state index contributed by atoms with van der Waals surface area (Å²) in [5, 5.41) is 0. The van der Waals surface area contributed by atoms with Gasteiger partial charge in [0.1, 0.15) is 12.0 Å². The van der Waals surface area contributed by atoms with Gasteiger partial charge < -0.3 is 14.4 Å². The van der Waals surface area contributed by atoms with E-state index >= 15 is 0 Å². The van der Waals surface area contributed by atoms with Crippen molar-refractivity contribution in [2.45, 2.75) is 6.54 Å². The Morgan fingerprint density at radius 3 is 2.59 bits per heavy atom. The molecule has 0 spiro atoms. The van der Waals surface area contributed by atoms with E-state index in [4.69, 9.17) is 14.5 Å². The number of carbonyl (C=O) groups is 1. The largest absolute Gasteiger partial charge is 0.379 e. The Labute approximate surface area is 168 Å². The van der Waals surface area contributed by atoms with Crippen molar-refractivity contribution in [2.24, 2.45) is 0 Å². The highest BCUT2D eigenvalue weighted by Gasteiger charge is 2.22. The topological polar surface area (TPSA) is 77.1 Å². The fourth-order valence-electron chi connectivity index (χ4n) is 3.83. The van der Waals surface area contributed by atoms with Crippen molar-refractivity contribution in [1.29, 1.82) is 0 Å². The van der Waals surface area contributed by atoms with Crippen molar-refractivity contribution in [3.63, 3.8) is 0 Å². The van der Waals surface area contributed by atoms with Crippen LogP contribution in [0.25, 0.3) is 11.5 Å². The molecule has 2 aliphatic heterocycles. The lowest BCUT2D eigenvalue weighted by molar-refractivity contribution is 0.0299. The lowest BCUT2D eigenvalue weighted by atomic mass is 10.3. The van der Waals surface area contributed by atoms with Crippen molar-refractivity contribution in [3.05, 3.63) is 48.3 Å². The summed E-state index contributed by atoms with van der Waals surface area (Å²) >= 11 is 0. The zero-order valence-electron chi connectivity index (χ0n) is 16.2. The minimum atomic E-state index is -0.0681. The van der Waals surface area contributed by atoms with Gasteiger partial charge in [-0.3, -0.25) is 18.7 Å². The fourth-order valence-corrected chi connectivity index (χ4v) is 3.83. The Morgan fingerprint density at radius 1 is 1.03 bits per heavy atom. The lowest BCUT2D eigenvalue weighted by Gasteiger charge is -2.25. The maximum atomic E-state index is 12.7. The Balaban J connectivity index is 1.44. The summed E-state index contributed by atoms with van der Waals surface area (Å²) in [5.41, 5.74) is 2.50. The molecule has 5 rings (SSSR count). The van der Waals surface area contributed by atoms with Gasteiger partial charge in [0, 0.05) is 45.1 Å². The second-order valence-corrected chi connectivity index (χ2v) is 7.27. The molecule has 2 aliphatic rings. The van der Waals surface area contributed by atoms with Gasteiger partial charge in [-0.25, -0.2) is 9.97 Å². The quantitative estimate of drug-likeness (QED) is 0.650. The van der Waals surface area contributed by atoms with Gasteiger partial charge in [0.05, 0.1) is 37.6 Å². The van der Waals surface area contributed by atoms with Crippen LogP contribution in [-0.2, 0) is 16.0 Å². The summed E-state index contributed by atoms with van der Waals surface area (Å²) in [5.74, 6) is 0.666. The molecule has 0 aliphatic carbocycles. The molecule has 152 valence electrons. The van der Waals surface area contributed by atoms with Crippen LogP contribution in [0, 0.1) is 0 Å². The number of hydrogen-bond donors (Lipinski definition) is 0. The van der Waals surface area contributed by atoms with Crippen molar-refractivity contribution in [3.8, 4) is 5.95 Å². The number of carbonyl (C=O) groups excluding carboxylic acids is 1. The van der Waals surface area contributed by atoms with E-state index in [2.05, 4.69) is 16.0 Å². The van der Waals surface area contributed by atoms with Gasteiger partial charge in [0.25, 0.3) is 5.91 Å². The molecule has 9 heteroatoms. The standard InChI is InChI=1S/C20H24N6O3/c27-19(24-7-11-29-12-8-24)17-14-25(15-21-17)20-22-16(13-23-5-9-28-10-6-23)18-3-1-2-4-26(18)20/h1-4,14-15H,5-13H2. The van der Waals surface area contributed by atoms with Crippen LogP contribution in [-0.4, -0.2) is 87.2 Å². The van der Waals surface area contributed by atoms with Crippen LogP contribution in [0.15, 0.2) is 36.9 Å². The van der Waals surface area contributed by atoms with Crippen molar-refractivity contribution < 1.29 is 14.3 Å². The maximum Gasteiger partial charge on any atom is 0.274 e. The molecule has 0 atom stereocenters. The third-order valence-electron chi connectivity index (χ3n) is 5.41. The number of imidazole rings is 2. The first-order valence-corrected chi connectivity index (χ1v) is 9.97. The van der Waals surface area contributed by atoms with E-state index in [-0.39, 0.29) is 5.91 Å². The van der Waals surface area contributed by atoms with Gasteiger partial charge in [-0.1, -0.05) is 6.07 Å². The minimum absolute atomic E-state index is 0.0681. The average Bonchev–Trinajstić information content (AvgIpc) is 3.40. The Morgan fingerprint density at radius 2 is 1.79 bits per heavy atom. The number of nitrogens with zero attached hydrogens (tertiary/aromatic N) is 6. The third-order valence-corrected chi connectivity index (χ3v) is 5.41. The van der Waals surface area contributed by atoms with E-state index in [1.807, 2.05) is 27.3 Å². The number of amides is 1. The monoisotopic (exact) mass is 396 g/mol. The molecule has 0 aromatic carbocycles. The molecule has 3 aromatic heterocycles. The zero-order chi connectivity index (χ0) is 19.6. The fraction of sp³-hybridized carbons (Fsp3) is 0.450. The second-order valence-electron chi connectivity index (χ2n) is 7.27. The van der Waals surface area contributed by atoms with Crippen molar-refractivity contribution >= 4 is 11.4 Å². The van der Waals surface area contributed by atoms with Gasteiger partial charge in [0.15, 0.2) is 0 Å². The molecular formula is C20H24N6O3. The molecule has 2 fully saturated rings. The molecule has 2 saturated heterocycles. The molecule has 1 amide bonds. The molecule has 9 nitrogen and oxygen atoms in total. The van der Waals surface area contributed by atoms with Crippen LogP contribution in [0.3, 0.4) is 0 Å². The number of pyridine rings is 1. The SMILES string of the molecule is O=C(c1cn(-c2nc(CN3CCOCC3)c3ccccn23)cn1)N1CCOCC1. The zero-order valence-corrected chi connectivity index (χ0v) is 16.2. The second kappa shape index (κ2) is 7.94. The summed E-state index contributed by atoms with van der Waals surface area (Å²) in [4.78, 5) is 26.1. The smallest absolute Gasteiger partial charge is 0.274 e. The molecular weight excluding hydrogens is 372 g/mol. The number of morpholine rings is 2. The van der Waals surface area contributed by atoms with Crippen LogP contribution < -0.4 is 0 Å². The summed E-state index contributed by atoms with van der Waals surface area (Å²) in [6, 6.07) is 6.07. The van der Waals surface area contributed by atoms with Gasteiger partial charge >= 0.3 is 0 Å². The molecule has 0 unspecified atom stereocenters. The van der Waals surface area contributed by atoms with E-state index in [1.165, 1.54) is 0 Å². The van der Waals surface area contributed by atoms with Gasteiger partial charge in [-0.15, -0.1) is 0 Å². The maximum absolute atomic E-state index is 12.7. The molecule has 5 heterocycles. The predicted octanol–water partition coefficient (Wildman–Crippen LogP) is 0.825. The first-order chi connectivity index (χ1) is 14.3. The molecule has 0 radical (unpaired) electrons. The number of ether oxygens (including phenoxy) is 2. The highest BCUT2D eigenvalue weighted by Crippen LogP contribution is 2.19. The molecule has 0 bridgehead atoms. The molecule has 0 saturated carbocycles. The van der Waals surface area contributed by atoms with E-state index in [0.717, 1.165) is 50.0 Å². The van der Waals surface area contributed by atoms with Gasteiger partial charge in [-0.2, -0.15) is 0 Å². The Bertz CT molecular complexity index is 1000. The van der Waals surface area contributed by atoms with E-state index < -0.39 is 0 Å². The number of aromatic nitrogens is 4. The summed E-state index contributed by atoms with van der Waals surface area (Å²) in [6.07, 6.45) is 5.41.